The molecule has 0 unspecified atom stereocenters. The van der Waals surface area contributed by atoms with Crippen molar-refractivity contribution in [3.63, 3.8) is 0 Å². The Bertz CT molecular complexity index is 1150. The molecule has 342 valence electrons. The van der Waals surface area contributed by atoms with Gasteiger partial charge in [0.25, 0.3) is 0 Å². The van der Waals surface area contributed by atoms with Crippen molar-refractivity contribution in [2.45, 2.75) is 118 Å². The normalized spacial score (nSPS) is 35.6. The second-order valence-electron chi connectivity index (χ2n) is 15.1. The van der Waals surface area contributed by atoms with E-state index in [4.69, 9.17) is 42.6 Å². The molecular formula is C38H64O21. The summed E-state index contributed by atoms with van der Waals surface area (Å²) in [4.78, 5) is 0. The van der Waals surface area contributed by atoms with Crippen LogP contribution in [0.15, 0.2) is 30.3 Å². The van der Waals surface area contributed by atoms with E-state index >= 15 is 0 Å². The molecule has 21 heteroatoms. The summed E-state index contributed by atoms with van der Waals surface area (Å²) in [5, 5.41) is 119. The van der Waals surface area contributed by atoms with Gasteiger partial charge in [0.1, 0.15) is 73.2 Å². The third kappa shape index (κ3) is 14.5. The molecule has 4 rings (SSSR count). The molecule has 0 radical (unpaired) electrons. The van der Waals surface area contributed by atoms with Crippen LogP contribution in [0.4, 0.5) is 0 Å². The SMILES string of the molecule is OC[C@H]1O[C@H](OCCCOCC(COCCCO[C@H]2O[C@H](CO)[C@@H](O)[C@H](O)[C@@H]2O)(COCCCO[C@H]2O[C@H](CO)[C@@H](O)[C@H](O)[C@@H]2O)Cc2ccccc2)[C@@H](O)[C@@H](O)[C@@H]1O. The minimum atomic E-state index is -1.57. The first-order valence-corrected chi connectivity index (χ1v) is 19.9. The monoisotopic (exact) mass is 856 g/mol. The third-order valence-corrected chi connectivity index (χ3v) is 10.3. The van der Waals surface area contributed by atoms with E-state index in [1.54, 1.807) is 0 Å². The second kappa shape index (κ2) is 25.5. The van der Waals surface area contributed by atoms with Gasteiger partial charge in [-0.05, 0) is 31.2 Å². The number of ether oxygens (including phenoxy) is 9. The van der Waals surface area contributed by atoms with Crippen LogP contribution in [0.2, 0.25) is 0 Å². The van der Waals surface area contributed by atoms with E-state index in [-0.39, 0.29) is 59.5 Å². The van der Waals surface area contributed by atoms with Gasteiger partial charge in [-0.2, -0.15) is 0 Å². The van der Waals surface area contributed by atoms with Crippen molar-refractivity contribution in [3.8, 4) is 0 Å². The second-order valence-corrected chi connectivity index (χ2v) is 15.1. The van der Waals surface area contributed by atoms with Crippen LogP contribution in [0.5, 0.6) is 0 Å². The highest BCUT2D eigenvalue weighted by atomic mass is 16.7. The zero-order valence-corrected chi connectivity index (χ0v) is 32.9. The summed E-state index contributed by atoms with van der Waals surface area (Å²) >= 11 is 0. The predicted octanol–water partition coefficient (Wildman–Crippen LogP) is -5.11. The van der Waals surface area contributed by atoms with Gasteiger partial charge in [-0.25, -0.2) is 0 Å². The molecule has 15 atom stereocenters. The van der Waals surface area contributed by atoms with Gasteiger partial charge in [-0.1, -0.05) is 30.3 Å². The summed E-state index contributed by atoms with van der Waals surface area (Å²) in [5.74, 6) is 0. The Morgan fingerprint density at radius 3 is 1.05 bits per heavy atom. The van der Waals surface area contributed by atoms with E-state index in [1.165, 1.54) is 0 Å². The number of benzene rings is 1. The fourth-order valence-electron chi connectivity index (χ4n) is 6.87. The standard InChI is InChI=1S/C38H64O21/c39-16-23-26(42)29(45)32(48)35(57-23)54-12-4-9-51-19-38(15-22-7-2-1-3-8-22,20-52-10-5-13-55-36-33(49)30(46)27(43)24(17-40)58-36)21-53-11-6-14-56-37-34(50)31(47)28(44)25(18-41)59-37/h1-3,7-8,23-37,39-50H,4-6,9-21H2/t23-,24-,25-,26-,27-,28-,29+,30+,31+,32+,33+,34+,35+,36+,37+/m1/s1. The maximum atomic E-state index is 10.3. The fourth-order valence-corrected chi connectivity index (χ4v) is 6.87. The van der Waals surface area contributed by atoms with Crippen molar-refractivity contribution >= 4 is 0 Å². The number of aliphatic hydroxyl groups excluding tert-OH is 12. The Morgan fingerprint density at radius 1 is 0.424 bits per heavy atom. The molecule has 0 spiro atoms. The molecule has 3 heterocycles. The zero-order chi connectivity index (χ0) is 43.0. The Morgan fingerprint density at radius 2 is 0.746 bits per heavy atom. The molecule has 3 fully saturated rings. The molecule has 0 saturated carbocycles. The van der Waals surface area contributed by atoms with Gasteiger partial charge in [-0.15, -0.1) is 0 Å². The highest BCUT2D eigenvalue weighted by molar-refractivity contribution is 5.17. The van der Waals surface area contributed by atoms with Crippen molar-refractivity contribution in [2.24, 2.45) is 5.41 Å². The Balaban J connectivity index is 1.32. The van der Waals surface area contributed by atoms with Gasteiger partial charge in [-0.3, -0.25) is 0 Å². The molecular weight excluding hydrogens is 792 g/mol. The number of aliphatic hydroxyl groups is 12. The Kier molecular flexibility index (Phi) is 21.6. The molecule has 0 bridgehead atoms. The maximum Gasteiger partial charge on any atom is 0.186 e. The lowest BCUT2D eigenvalue weighted by Gasteiger charge is -2.39. The van der Waals surface area contributed by atoms with Crippen LogP contribution in [0, 0.1) is 5.41 Å². The maximum absolute atomic E-state index is 10.3. The van der Waals surface area contributed by atoms with E-state index in [9.17, 15) is 61.3 Å². The molecule has 3 aliphatic heterocycles. The van der Waals surface area contributed by atoms with Crippen molar-refractivity contribution in [1.82, 2.24) is 0 Å². The molecule has 0 aromatic heterocycles. The van der Waals surface area contributed by atoms with Crippen molar-refractivity contribution in [3.05, 3.63) is 35.9 Å². The molecule has 0 amide bonds. The molecule has 21 nitrogen and oxygen atoms in total. The van der Waals surface area contributed by atoms with Crippen molar-refractivity contribution in [1.29, 1.82) is 0 Å². The van der Waals surface area contributed by atoms with Crippen molar-refractivity contribution < 1.29 is 104 Å². The lowest BCUT2D eigenvalue weighted by Crippen LogP contribution is -2.59. The highest BCUT2D eigenvalue weighted by Gasteiger charge is 2.46. The summed E-state index contributed by atoms with van der Waals surface area (Å²) in [6, 6.07) is 9.57. The molecule has 1 aromatic carbocycles. The average Bonchev–Trinajstić information content (AvgIpc) is 3.24. The summed E-state index contributed by atoms with van der Waals surface area (Å²) < 4.78 is 51.4. The van der Waals surface area contributed by atoms with Crippen LogP contribution in [-0.2, 0) is 49.1 Å². The molecule has 12 N–H and O–H groups in total. The van der Waals surface area contributed by atoms with Crippen LogP contribution >= 0.6 is 0 Å². The zero-order valence-electron chi connectivity index (χ0n) is 32.9. The van der Waals surface area contributed by atoms with Gasteiger partial charge in [0.05, 0.1) is 59.5 Å². The minimum absolute atomic E-state index is 0.0459. The molecule has 1 aromatic rings. The van der Waals surface area contributed by atoms with Crippen LogP contribution in [0.25, 0.3) is 0 Å². The number of hydrogen-bond donors (Lipinski definition) is 12. The minimum Gasteiger partial charge on any atom is -0.394 e. The topological polar surface area (TPSA) is 326 Å². The van der Waals surface area contributed by atoms with E-state index in [1.807, 2.05) is 30.3 Å². The number of hydrogen-bond acceptors (Lipinski definition) is 21. The molecule has 3 aliphatic rings. The van der Waals surface area contributed by atoms with Crippen LogP contribution < -0.4 is 0 Å². The predicted molar refractivity (Wildman–Crippen MR) is 198 cm³/mol. The molecule has 3 saturated heterocycles. The summed E-state index contributed by atoms with van der Waals surface area (Å²) in [6.07, 6.45) is -19.5. The largest absolute Gasteiger partial charge is 0.394 e. The van der Waals surface area contributed by atoms with E-state index in [0.717, 1.165) is 5.56 Å². The summed E-state index contributed by atoms with van der Waals surface area (Å²) in [7, 11) is 0. The first kappa shape index (κ1) is 50.0. The first-order valence-electron chi connectivity index (χ1n) is 19.9. The van der Waals surface area contributed by atoms with Crippen LogP contribution in [-0.4, -0.2) is 233 Å². The van der Waals surface area contributed by atoms with Gasteiger partial charge < -0.3 is 104 Å². The van der Waals surface area contributed by atoms with Crippen LogP contribution in [0.3, 0.4) is 0 Å². The van der Waals surface area contributed by atoms with Gasteiger partial charge >= 0.3 is 0 Å². The van der Waals surface area contributed by atoms with E-state index in [0.29, 0.717) is 25.7 Å². The number of rotatable bonds is 26. The fraction of sp³-hybridized carbons (Fsp3) is 0.842. The average molecular weight is 857 g/mol. The van der Waals surface area contributed by atoms with Gasteiger partial charge in [0.15, 0.2) is 18.9 Å². The lowest BCUT2D eigenvalue weighted by atomic mass is 9.83. The highest BCUT2D eigenvalue weighted by Crippen LogP contribution is 2.28. The third-order valence-electron chi connectivity index (χ3n) is 10.3. The summed E-state index contributed by atoms with van der Waals surface area (Å²) in [5.41, 5.74) is 0.196. The quantitative estimate of drug-likeness (QED) is 0.0388. The molecule has 59 heavy (non-hydrogen) atoms. The molecule has 0 aliphatic carbocycles. The van der Waals surface area contributed by atoms with Gasteiger partial charge in [0.2, 0.25) is 0 Å². The Labute approximate surface area is 342 Å². The Hall–Kier alpha value is -1.62. The van der Waals surface area contributed by atoms with Gasteiger partial charge in [0, 0.05) is 25.2 Å². The van der Waals surface area contributed by atoms with E-state index in [2.05, 4.69) is 0 Å². The van der Waals surface area contributed by atoms with E-state index < -0.39 is 117 Å². The summed E-state index contributed by atoms with van der Waals surface area (Å²) in [6.45, 7) is -0.622. The lowest BCUT2D eigenvalue weighted by molar-refractivity contribution is -0.301. The first-order chi connectivity index (χ1) is 28.4. The smallest absolute Gasteiger partial charge is 0.186 e. The van der Waals surface area contributed by atoms with Crippen molar-refractivity contribution in [2.75, 3.05) is 79.3 Å². The van der Waals surface area contributed by atoms with Crippen LogP contribution in [0.1, 0.15) is 24.8 Å².